The molecule has 0 N–H and O–H groups in total. The zero-order valence-electron chi connectivity index (χ0n) is 33.8. The van der Waals surface area contributed by atoms with Crippen molar-refractivity contribution in [3.63, 3.8) is 0 Å². The Hall–Kier alpha value is -6.06. The van der Waals surface area contributed by atoms with Gasteiger partial charge in [0.05, 0.1) is 11.1 Å². The smallest absolute Gasteiger partial charge is 0.145 e. The molecule has 0 radical (unpaired) electrons. The Morgan fingerprint density at radius 1 is 0.464 bits per heavy atom. The number of rotatable bonds is 6. The van der Waals surface area contributed by atoms with E-state index in [1.54, 1.807) is 0 Å². The van der Waals surface area contributed by atoms with Gasteiger partial charge < -0.3 is 14.2 Å². The molecule has 3 nitrogen and oxygen atoms in total. The quantitative estimate of drug-likeness (QED) is 0.170. The van der Waals surface area contributed by atoms with E-state index in [4.69, 9.17) is 4.42 Å². The number of para-hydroxylation sites is 3. The first-order valence-electron chi connectivity index (χ1n) is 19.9. The van der Waals surface area contributed by atoms with E-state index in [9.17, 15) is 0 Å². The molecule has 56 heavy (non-hydrogen) atoms. The van der Waals surface area contributed by atoms with Crippen LogP contribution in [0.25, 0.3) is 33.1 Å². The third-order valence-corrected chi connectivity index (χ3v) is 11.8. The second kappa shape index (κ2) is 13.0. The molecule has 0 bridgehead atoms. The van der Waals surface area contributed by atoms with Crippen LogP contribution in [0, 0.1) is 0 Å². The largest absolute Gasteiger partial charge is 0.455 e. The van der Waals surface area contributed by atoms with Crippen molar-refractivity contribution >= 4 is 56.1 Å². The Labute approximate surface area is 331 Å². The minimum atomic E-state index is -0.320. The lowest BCUT2D eigenvalue weighted by atomic mass is 9.81. The van der Waals surface area contributed by atoms with Crippen LogP contribution in [0.15, 0.2) is 162 Å². The number of nitrogens with zero attached hydrogens (tertiary/aromatic N) is 2. The maximum Gasteiger partial charge on any atom is 0.145 e. The van der Waals surface area contributed by atoms with Crippen LogP contribution < -0.4 is 9.80 Å². The van der Waals surface area contributed by atoms with Gasteiger partial charge in [-0.15, -0.1) is 0 Å². The Morgan fingerprint density at radius 2 is 0.946 bits per heavy atom. The van der Waals surface area contributed by atoms with Gasteiger partial charge in [-0.2, -0.15) is 0 Å². The molecule has 278 valence electrons. The number of benzene rings is 7. The Bertz CT molecular complexity index is 2710. The predicted octanol–water partition coefficient (Wildman–Crippen LogP) is 15.4. The van der Waals surface area contributed by atoms with Crippen LogP contribution >= 0.6 is 0 Å². The fourth-order valence-electron chi connectivity index (χ4n) is 8.62. The molecule has 8 aromatic rings. The first kappa shape index (κ1) is 35.6. The summed E-state index contributed by atoms with van der Waals surface area (Å²) in [6, 6.07) is 57.6. The van der Waals surface area contributed by atoms with Crippen LogP contribution in [-0.4, -0.2) is 0 Å². The van der Waals surface area contributed by atoms with E-state index in [-0.39, 0.29) is 16.2 Å². The molecule has 0 unspecified atom stereocenters. The van der Waals surface area contributed by atoms with E-state index < -0.39 is 0 Å². The number of hydrogen-bond donors (Lipinski definition) is 0. The minimum Gasteiger partial charge on any atom is -0.455 e. The van der Waals surface area contributed by atoms with Gasteiger partial charge in [-0.1, -0.05) is 140 Å². The van der Waals surface area contributed by atoms with Crippen LogP contribution in [0.5, 0.6) is 0 Å². The SMILES string of the molecule is CC(C)(C)c1ccc(N(c2ccccc2)c2ccc3c(c2)C(C)(C)c2cc(N(c4ccccc4)c4ccc(C(C)(C)C)cc4)c4c(oc5ccccc54)c2-3)cc1. The summed E-state index contributed by atoms with van der Waals surface area (Å²) in [5.74, 6) is 0. The van der Waals surface area contributed by atoms with Gasteiger partial charge in [0, 0.05) is 44.8 Å². The Kier molecular flexibility index (Phi) is 8.28. The third kappa shape index (κ3) is 5.89. The fourth-order valence-corrected chi connectivity index (χ4v) is 8.62. The lowest BCUT2D eigenvalue weighted by molar-refractivity contribution is 0.590. The lowest BCUT2D eigenvalue weighted by Gasteiger charge is -2.30. The van der Waals surface area contributed by atoms with Gasteiger partial charge in [0.15, 0.2) is 0 Å². The predicted molar refractivity (Wildman–Crippen MR) is 238 cm³/mol. The monoisotopic (exact) mass is 730 g/mol. The zero-order chi connectivity index (χ0) is 39.0. The summed E-state index contributed by atoms with van der Waals surface area (Å²) in [5, 5.41) is 2.24. The number of fused-ring (bicyclic) bond motifs is 7. The maximum atomic E-state index is 6.99. The standard InChI is InChI=1S/C53H50N2O/c1-51(2,3)35-23-27-39(28-24-35)54(37-17-11-9-12-18-37)41-31-32-42-44(33-41)53(7,8)45-34-46(49-43-21-15-16-22-47(43)56-50(49)48(42)45)55(38-19-13-10-14-20-38)40-29-25-36(26-30-40)52(4,5)6/h9-34H,1-8H3. The van der Waals surface area contributed by atoms with E-state index >= 15 is 0 Å². The second-order valence-corrected chi connectivity index (χ2v) is 17.9. The molecular formula is C53H50N2O. The van der Waals surface area contributed by atoms with Crippen LogP contribution in [0.1, 0.15) is 77.6 Å². The molecule has 0 atom stereocenters. The molecule has 9 rings (SSSR count). The summed E-state index contributed by atoms with van der Waals surface area (Å²) in [7, 11) is 0. The van der Waals surface area contributed by atoms with Crippen molar-refractivity contribution < 1.29 is 4.42 Å². The maximum absolute atomic E-state index is 6.99. The van der Waals surface area contributed by atoms with Gasteiger partial charge >= 0.3 is 0 Å². The van der Waals surface area contributed by atoms with Crippen LogP contribution in [0.2, 0.25) is 0 Å². The van der Waals surface area contributed by atoms with Crippen LogP contribution in [0.4, 0.5) is 34.1 Å². The van der Waals surface area contributed by atoms with Gasteiger partial charge in [-0.05, 0) is 111 Å². The van der Waals surface area contributed by atoms with Gasteiger partial charge in [0.2, 0.25) is 0 Å². The molecule has 0 spiro atoms. The molecule has 7 aromatic carbocycles. The summed E-state index contributed by atoms with van der Waals surface area (Å²) in [4.78, 5) is 4.80. The fraction of sp³-hybridized carbons (Fsp3) is 0.208. The second-order valence-electron chi connectivity index (χ2n) is 17.9. The number of hydrogen-bond acceptors (Lipinski definition) is 3. The van der Waals surface area contributed by atoms with E-state index in [1.165, 1.54) is 33.4 Å². The van der Waals surface area contributed by atoms with E-state index in [0.29, 0.717) is 0 Å². The first-order valence-corrected chi connectivity index (χ1v) is 19.9. The van der Waals surface area contributed by atoms with Crippen molar-refractivity contribution in [3.05, 3.63) is 180 Å². The van der Waals surface area contributed by atoms with Crippen molar-refractivity contribution in [3.8, 4) is 11.1 Å². The lowest BCUT2D eigenvalue weighted by Crippen LogP contribution is -2.18. The van der Waals surface area contributed by atoms with Crippen LogP contribution in [0.3, 0.4) is 0 Å². The van der Waals surface area contributed by atoms with Crippen molar-refractivity contribution in [1.29, 1.82) is 0 Å². The average Bonchev–Trinajstić information content (AvgIpc) is 3.68. The molecule has 1 aliphatic carbocycles. The molecule has 0 saturated heterocycles. The summed E-state index contributed by atoms with van der Waals surface area (Å²) in [6.45, 7) is 18.4. The highest BCUT2D eigenvalue weighted by Crippen LogP contribution is 2.57. The highest BCUT2D eigenvalue weighted by atomic mass is 16.3. The van der Waals surface area contributed by atoms with Gasteiger partial charge in [-0.25, -0.2) is 0 Å². The zero-order valence-corrected chi connectivity index (χ0v) is 33.8. The molecular weight excluding hydrogens is 681 g/mol. The first-order chi connectivity index (χ1) is 26.8. The van der Waals surface area contributed by atoms with Crippen molar-refractivity contribution in [2.24, 2.45) is 0 Å². The molecule has 1 aliphatic rings. The van der Waals surface area contributed by atoms with E-state index in [0.717, 1.165) is 56.1 Å². The summed E-state index contributed by atoms with van der Waals surface area (Å²) in [6.07, 6.45) is 0. The average molecular weight is 731 g/mol. The van der Waals surface area contributed by atoms with Crippen molar-refractivity contribution in [1.82, 2.24) is 0 Å². The van der Waals surface area contributed by atoms with Gasteiger partial charge in [-0.3, -0.25) is 0 Å². The number of anilines is 6. The van der Waals surface area contributed by atoms with Crippen LogP contribution in [-0.2, 0) is 16.2 Å². The summed E-state index contributed by atoms with van der Waals surface area (Å²) >= 11 is 0. The normalized spacial score (nSPS) is 13.5. The van der Waals surface area contributed by atoms with Gasteiger partial charge in [0.25, 0.3) is 0 Å². The highest BCUT2D eigenvalue weighted by molar-refractivity contribution is 6.19. The molecule has 0 saturated carbocycles. The topological polar surface area (TPSA) is 19.6 Å². The molecule has 0 aliphatic heterocycles. The summed E-state index contributed by atoms with van der Waals surface area (Å²) in [5.41, 5.74) is 16.0. The van der Waals surface area contributed by atoms with Gasteiger partial charge in [0.1, 0.15) is 11.2 Å². The Morgan fingerprint density at radius 3 is 1.52 bits per heavy atom. The molecule has 3 heteroatoms. The molecule has 0 fully saturated rings. The Balaban J connectivity index is 1.27. The highest BCUT2D eigenvalue weighted by Gasteiger charge is 2.40. The molecule has 1 aromatic heterocycles. The van der Waals surface area contributed by atoms with E-state index in [1.807, 2.05) is 0 Å². The van der Waals surface area contributed by atoms with Crippen molar-refractivity contribution in [2.45, 2.75) is 71.6 Å². The molecule has 0 amide bonds. The summed E-state index contributed by atoms with van der Waals surface area (Å²) < 4.78 is 6.99. The van der Waals surface area contributed by atoms with Crippen molar-refractivity contribution in [2.75, 3.05) is 9.80 Å². The number of furan rings is 1. The van der Waals surface area contributed by atoms with E-state index in [2.05, 4.69) is 223 Å². The minimum absolute atomic E-state index is 0.0539. The third-order valence-electron chi connectivity index (χ3n) is 11.8. The molecule has 1 heterocycles.